The predicted molar refractivity (Wildman–Crippen MR) is 145 cm³/mol. The van der Waals surface area contributed by atoms with Crippen LogP contribution < -0.4 is 31.3 Å². The molecule has 35 heavy (non-hydrogen) atoms. The van der Waals surface area contributed by atoms with Crippen LogP contribution in [-0.4, -0.2) is 23.1 Å². The molecule has 4 aromatic rings. The molecule has 0 saturated heterocycles. The van der Waals surface area contributed by atoms with Gasteiger partial charge < -0.3 is 4.74 Å². The summed E-state index contributed by atoms with van der Waals surface area (Å²) in [5.74, 6) is 0.582. The number of nitrogens with one attached hydrogen (secondary N) is 2. The number of anilines is 1. The molecule has 0 fully saturated rings. The molecule has 0 atom stereocenters. The maximum atomic E-state index is 13.2. The van der Waals surface area contributed by atoms with Gasteiger partial charge in [-0.05, 0) is 36.4 Å². The number of nitrogens with zero attached hydrogens (tertiary/aromatic N) is 2. The van der Waals surface area contributed by atoms with Crippen LogP contribution in [0.1, 0.15) is 0 Å². The van der Waals surface area contributed by atoms with Crippen LogP contribution in [0.25, 0.3) is 0 Å². The Morgan fingerprint density at radius 2 is 1.20 bits per heavy atom. The van der Waals surface area contributed by atoms with Gasteiger partial charge in [0.25, 0.3) is 0 Å². The monoisotopic (exact) mass is 523 g/mol. The molecule has 0 unspecified atom stereocenters. The summed E-state index contributed by atoms with van der Waals surface area (Å²) in [6.45, 7) is 0. The third-order valence-electron chi connectivity index (χ3n) is 5.27. The molecule has 4 rings (SSSR count). The minimum atomic E-state index is -2.71. The van der Waals surface area contributed by atoms with Gasteiger partial charge in [-0.25, -0.2) is 14.8 Å². The van der Waals surface area contributed by atoms with Gasteiger partial charge in [-0.3, -0.25) is 10.6 Å². The largest absolute Gasteiger partial charge is 0.494 e. The highest BCUT2D eigenvalue weighted by Crippen LogP contribution is 2.62. The lowest BCUT2D eigenvalue weighted by Gasteiger charge is -2.29. The molecule has 0 spiro atoms. The zero-order chi connectivity index (χ0) is 24.7. The molecule has 2 amide bonds. The molecular weight excluding hydrogens is 502 g/mol. The molecule has 0 aliphatic heterocycles. The van der Waals surface area contributed by atoms with Gasteiger partial charge in [0.05, 0.1) is 19.5 Å². The highest BCUT2D eigenvalue weighted by atomic mass is 35.5. The first kappa shape index (κ1) is 24.7. The van der Waals surface area contributed by atoms with Crippen molar-refractivity contribution in [1.29, 1.82) is 0 Å². The first-order chi connectivity index (χ1) is 17.1. The lowest BCUT2D eigenvalue weighted by Crippen LogP contribution is -2.40. The quantitative estimate of drug-likeness (QED) is 0.326. The molecule has 0 radical (unpaired) electrons. The smallest absolute Gasteiger partial charge is 0.328 e. The van der Waals surface area contributed by atoms with Crippen LogP contribution in [0.4, 0.5) is 10.7 Å². The molecule has 1 aromatic heterocycles. The number of benzene rings is 3. The Bertz CT molecular complexity index is 1210. The Kier molecular flexibility index (Phi) is 7.98. The van der Waals surface area contributed by atoms with E-state index < -0.39 is 13.3 Å². The predicted octanol–water partition coefficient (Wildman–Crippen LogP) is 5.21. The minimum Gasteiger partial charge on any atom is -0.494 e. The first-order valence-electron chi connectivity index (χ1n) is 10.6. The number of hydrogen-bond acceptors (Lipinski definition) is 4. The van der Waals surface area contributed by atoms with E-state index in [0.29, 0.717) is 11.2 Å². The number of carbonyl (C=O) groups excluding carboxylic acids is 1. The molecular formula is C26H22Cl2N4O2P+. The molecule has 3 aromatic carbocycles. The van der Waals surface area contributed by atoms with Crippen molar-refractivity contribution in [2.75, 3.05) is 12.4 Å². The fraction of sp³-hybridized carbons (Fsp3) is 0.0385. The summed E-state index contributed by atoms with van der Waals surface area (Å²) in [6, 6.07) is 29.2. The number of aromatic nitrogens is 2. The highest BCUT2D eigenvalue weighted by Gasteiger charge is 2.52. The van der Waals surface area contributed by atoms with Crippen molar-refractivity contribution in [3.05, 3.63) is 113 Å². The Balaban J connectivity index is 1.86. The normalized spacial score (nSPS) is 10.8. The number of hydrogen-bond donors (Lipinski definition) is 2. The highest BCUT2D eigenvalue weighted by molar-refractivity contribution is 7.99. The molecule has 0 saturated carbocycles. The molecule has 176 valence electrons. The van der Waals surface area contributed by atoms with Crippen molar-refractivity contribution in [2.24, 2.45) is 0 Å². The lowest BCUT2D eigenvalue weighted by molar-refractivity contribution is 0.254. The maximum absolute atomic E-state index is 13.2. The van der Waals surface area contributed by atoms with Crippen molar-refractivity contribution < 1.29 is 9.53 Å². The van der Waals surface area contributed by atoms with Gasteiger partial charge in [-0.15, -0.1) is 0 Å². The van der Waals surface area contributed by atoms with E-state index in [-0.39, 0.29) is 10.4 Å². The van der Waals surface area contributed by atoms with E-state index in [1.165, 1.54) is 19.5 Å². The average molecular weight is 524 g/mol. The Hall–Kier alpha value is -3.44. The number of carbonyl (C=O) groups is 1. The second kappa shape index (κ2) is 11.3. The molecule has 1 heterocycles. The van der Waals surface area contributed by atoms with Gasteiger partial charge in [0, 0.05) is 0 Å². The van der Waals surface area contributed by atoms with E-state index in [2.05, 4.69) is 20.6 Å². The fourth-order valence-corrected chi connectivity index (χ4v) is 8.68. The number of rotatable bonds is 7. The summed E-state index contributed by atoms with van der Waals surface area (Å²) in [5, 5.41) is 8.51. The SMILES string of the molecule is COc1cnc(NC(=O)NC(=C(Cl)Cl)[P+](c2ccccc2)(c2ccccc2)c2ccccc2)nc1. The Labute approximate surface area is 214 Å². The average Bonchev–Trinajstić information content (AvgIpc) is 2.91. The lowest BCUT2D eigenvalue weighted by atomic mass is 10.4. The maximum Gasteiger partial charge on any atom is 0.328 e. The fourth-order valence-electron chi connectivity index (χ4n) is 3.77. The standard InChI is InChI=1S/C26H21Cl2N4O2P/c1-34-19-17-29-25(30-18-19)32-26(33)31-24(23(27)28)35(20-11-5-2-6-12-20,21-13-7-3-8-14-21)22-15-9-4-10-16-22/h2-18H,1H3,(H-,29,30,31,32,33)/p+1. The summed E-state index contributed by atoms with van der Waals surface area (Å²) in [7, 11) is -1.20. The number of ether oxygens (including phenoxy) is 1. The van der Waals surface area contributed by atoms with E-state index in [4.69, 9.17) is 27.9 Å². The Morgan fingerprint density at radius 3 is 1.57 bits per heavy atom. The number of amides is 2. The van der Waals surface area contributed by atoms with Gasteiger partial charge in [0.2, 0.25) is 11.4 Å². The zero-order valence-corrected chi connectivity index (χ0v) is 21.1. The van der Waals surface area contributed by atoms with Crippen molar-refractivity contribution in [2.45, 2.75) is 0 Å². The van der Waals surface area contributed by atoms with Crippen molar-refractivity contribution in [3.8, 4) is 5.75 Å². The van der Waals surface area contributed by atoms with Crippen LogP contribution in [0.15, 0.2) is 113 Å². The second-order valence-electron chi connectivity index (χ2n) is 7.31. The second-order valence-corrected chi connectivity index (χ2v) is 11.6. The zero-order valence-electron chi connectivity index (χ0n) is 18.7. The van der Waals surface area contributed by atoms with Crippen LogP contribution in [0.5, 0.6) is 5.75 Å². The summed E-state index contributed by atoms with van der Waals surface area (Å²) < 4.78 is 5.03. The summed E-state index contributed by atoms with van der Waals surface area (Å²) in [4.78, 5) is 21.3. The summed E-state index contributed by atoms with van der Waals surface area (Å²) in [6.07, 6.45) is 2.92. The van der Waals surface area contributed by atoms with Crippen LogP contribution >= 0.6 is 30.5 Å². The van der Waals surface area contributed by atoms with Crippen LogP contribution in [-0.2, 0) is 0 Å². The van der Waals surface area contributed by atoms with Crippen molar-refractivity contribution in [1.82, 2.24) is 15.3 Å². The van der Waals surface area contributed by atoms with Gasteiger partial charge >= 0.3 is 6.03 Å². The minimum absolute atomic E-state index is 0.0410. The molecule has 9 heteroatoms. The van der Waals surface area contributed by atoms with Gasteiger partial charge in [-0.2, -0.15) is 0 Å². The van der Waals surface area contributed by atoms with Gasteiger partial charge in [0.15, 0.2) is 17.5 Å². The Morgan fingerprint density at radius 1 is 0.771 bits per heavy atom. The third-order valence-corrected chi connectivity index (χ3v) is 10.1. The van der Waals surface area contributed by atoms with Gasteiger partial charge in [0.1, 0.15) is 15.9 Å². The molecule has 2 N–H and O–H groups in total. The van der Waals surface area contributed by atoms with Crippen LogP contribution in [0.3, 0.4) is 0 Å². The van der Waals surface area contributed by atoms with E-state index in [1.54, 1.807) is 0 Å². The van der Waals surface area contributed by atoms with E-state index in [9.17, 15) is 4.79 Å². The van der Waals surface area contributed by atoms with Crippen molar-refractivity contribution in [3.63, 3.8) is 0 Å². The van der Waals surface area contributed by atoms with E-state index >= 15 is 0 Å². The molecule has 0 aliphatic carbocycles. The molecule has 0 bridgehead atoms. The molecule has 6 nitrogen and oxygen atoms in total. The van der Waals surface area contributed by atoms with Crippen LogP contribution in [0.2, 0.25) is 0 Å². The van der Waals surface area contributed by atoms with Crippen LogP contribution in [0, 0.1) is 0 Å². The third kappa shape index (κ3) is 5.30. The summed E-state index contributed by atoms with van der Waals surface area (Å²) in [5.41, 5.74) is 0.399. The number of urea groups is 1. The number of halogens is 2. The summed E-state index contributed by atoms with van der Waals surface area (Å²) >= 11 is 13.1. The topological polar surface area (TPSA) is 76.1 Å². The molecule has 0 aliphatic rings. The van der Waals surface area contributed by atoms with Gasteiger partial charge in [-0.1, -0.05) is 77.8 Å². The first-order valence-corrected chi connectivity index (χ1v) is 13.2. The van der Waals surface area contributed by atoms with Crippen molar-refractivity contribution >= 4 is 58.4 Å². The van der Waals surface area contributed by atoms with E-state index in [0.717, 1.165) is 15.9 Å². The number of methoxy groups -OCH3 is 1. The van der Waals surface area contributed by atoms with E-state index in [1.807, 2.05) is 91.0 Å².